The summed E-state index contributed by atoms with van der Waals surface area (Å²) >= 11 is 0. The van der Waals surface area contributed by atoms with Gasteiger partial charge in [0.15, 0.2) is 0 Å². The van der Waals surface area contributed by atoms with Crippen molar-refractivity contribution in [1.82, 2.24) is 9.55 Å². The van der Waals surface area contributed by atoms with Crippen LogP contribution < -0.4 is 5.32 Å². The minimum atomic E-state index is 0.00994. The number of anilines is 1. The molecule has 0 unspecified atom stereocenters. The fourth-order valence-electron chi connectivity index (χ4n) is 3.46. The number of carbonyl (C=O) groups excluding carboxylic acids is 1. The number of aryl methyl sites for hydroxylation is 2. The van der Waals surface area contributed by atoms with E-state index in [1.165, 1.54) is 16.5 Å². The number of pyridine rings is 1. The van der Waals surface area contributed by atoms with E-state index in [0.29, 0.717) is 6.42 Å². The van der Waals surface area contributed by atoms with Gasteiger partial charge in [0, 0.05) is 30.1 Å². The van der Waals surface area contributed by atoms with Crippen LogP contribution in [0.5, 0.6) is 0 Å². The molecule has 2 heterocycles. The highest BCUT2D eigenvalue weighted by Gasteiger charge is 2.06. The third-order valence-corrected chi connectivity index (χ3v) is 4.81. The van der Waals surface area contributed by atoms with Gasteiger partial charge >= 0.3 is 0 Å². The molecule has 0 atom stereocenters. The molecule has 1 amide bonds. The van der Waals surface area contributed by atoms with Crippen molar-refractivity contribution in [2.75, 3.05) is 5.32 Å². The number of rotatable bonds is 6. The van der Waals surface area contributed by atoms with E-state index in [0.717, 1.165) is 36.0 Å². The second-order valence-corrected chi connectivity index (χ2v) is 6.87. The number of amides is 1. The third kappa shape index (κ3) is 3.85. The van der Waals surface area contributed by atoms with Crippen LogP contribution in [0.2, 0.25) is 0 Å². The second-order valence-electron chi connectivity index (χ2n) is 6.87. The van der Waals surface area contributed by atoms with Crippen molar-refractivity contribution in [2.24, 2.45) is 0 Å². The SMILES string of the molecule is CCCn1ccc2cc(CCC(=O)Nc3cnc4ccccc4c3)ccc21. The highest BCUT2D eigenvalue weighted by Crippen LogP contribution is 2.20. The first-order valence-electron chi connectivity index (χ1n) is 9.45. The molecule has 4 nitrogen and oxygen atoms in total. The zero-order valence-electron chi connectivity index (χ0n) is 15.5. The highest BCUT2D eigenvalue weighted by atomic mass is 16.1. The monoisotopic (exact) mass is 357 g/mol. The van der Waals surface area contributed by atoms with Crippen LogP contribution in [0.1, 0.15) is 25.3 Å². The Labute approximate surface area is 158 Å². The van der Waals surface area contributed by atoms with E-state index in [9.17, 15) is 4.79 Å². The Morgan fingerprint density at radius 1 is 1.07 bits per heavy atom. The standard InChI is InChI=1S/C23H23N3O/c1-2-12-26-13-11-19-14-17(7-9-22(19)26)8-10-23(27)25-20-15-18-5-3-4-6-21(18)24-16-20/h3-7,9,11,13-16H,2,8,10,12H2,1H3,(H,25,27). The first-order chi connectivity index (χ1) is 13.2. The minimum absolute atomic E-state index is 0.00994. The number of aromatic nitrogens is 2. The van der Waals surface area contributed by atoms with E-state index in [4.69, 9.17) is 0 Å². The van der Waals surface area contributed by atoms with Crippen molar-refractivity contribution in [1.29, 1.82) is 0 Å². The van der Waals surface area contributed by atoms with Gasteiger partial charge in [0.2, 0.25) is 5.91 Å². The fraction of sp³-hybridized carbons (Fsp3) is 0.217. The number of nitrogens with zero attached hydrogens (tertiary/aromatic N) is 2. The van der Waals surface area contributed by atoms with Crippen molar-refractivity contribution in [3.05, 3.63) is 72.6 Å². The molecule has 2 aromatic carbocycles. The van der Waals surface area contributed by atoms with Crippen LogP contribution in [0.15, 0.2) is 67.0 Å². The summed E-state index contributed by atoms with van der Waals surface area (Å²) in [4.78, 5) is 16.7. The molecule has 0 fully saturated rings. The Balaban J connectivity index is 1.40. The van der Waals surface area contributed by atoms with E-state index in [1.807, 2.05) is 30.3 Å². The molecule has 0 bridgehead atoms. The van der Waals surface area contributed by atoms with Crippen molar-refractivity contribution in [3.8, 4) is 0 Å². The van der Waals surface area contributed by atoms with Crippen molar-refractivity contribution in [3.63, 3.8) is 0 Å². The summed E-state index contributed by atoms with van der Waals surface area (Å²) in [6.45, 7) is 3.22. The lowest BCUT2D eigenvalue weighted by molar-refractivity contribution is -0.116. The van der Waals surface area contributed by atoms with Crippen LogP contribution in [-0.4, -0.2) is 15.5 Å². The summed E-state index contributed by atoms with van der Waals surface area (Å²) in [5, 5.41) is 5.22. The minimum Gasteiger partial charge on any atom is -0.347 e. The molecule has 1 N–H and O–H groups in total. The molecule has 0 aliphatic rings. The van der Waals surface area contributed by atoms with Crippen molar-refractivity contribution in [2.45, 2.75) is 32.7 Å². The normalized spacial score (nSPS) is 11.1. The number of fused-ring (bicyclic) bond motifs is 2. The van der Waals surface area contributed by atoms with Crippen LogP contribution in [0.3, 0.4) is 0 Å². The fourth-order valence-corrected chi connectivity index (χ4v) is 3.46. The molecule has 4 rings (SSSR count). The van der Waals surface area contributed by atoms with Gasteiger partial charge in [-0.2, -0.15) is 0 Å². The lowest BCUT2D eigenvalue weighted by Crippen LogP contribution is -2.12. The first-order valence-corrected chi connectivity index (χ1v) is 9.45. The highest BCUT2D eigenvalue weighted by molar-refractivity contribution is 5.93. The molecular weight excluding hydrogens is 334 g/mol. The Kier molecular flexibility index (Phi) is 4.88. The Morgan fingerprint density at radius 2 is 1.96 bits per heavy atom. The van der Waals surface area contributed by atoms with Crippen LogP contribution >= 0.6 is 0 Å². The van der Waals surface area contributed by atoms with Crippen molar-refractivity contribution >= 4 is 33.4 Å². The molecule has 0 aliphatic carbocycles. The van der Waals surface area contributed by atoms with Gasteiger partial charge in [-0.3, -0.25) is 9.78 Å². The Morgan fingerprint density at radius 3 is 2.85 bits per heavy atom. The molecular formula is C23H23N3O. The number of carbonyl (C=O) groups is 1. The van der Waals surface area contributed by atoms with Crippen molar-refractivity contribution < 1.29 is 4.79 Å². The Hall–Kier alpha value is -3.14. The smallest absolute Gasteiger partial charge is 0.224 e. The Bertz CT molecular complexity index is 1100. The maximum absolute atomic E-state index is 12.3. The number of hydrogen-bond acceptors (Lipinski definition) is 2. The summed E-state index contributed by atoms with van der Waals surface area (Å²) in [6, 6.07) is 18.5. The van der Waals surface area contributed by atoms with Crippen LogP contribution in [-0.2, 0) is 17.8 Å². The topological polar surface area (TPSA) is 46.9 Å². The van der Waals surface area contributed by atoms with Gasteiger partial charge in [-0.25, -0.2) is 0 Å². The summed E-state index contributed by atoms with van der Waals surface area (Å²) in [6.07, 6.45) is 6.14. The van der Waals surface area contributed by atoms with Gasteiger partial charge in [0.25, 0.3) is 0 Å². The summed E-state index contributed by atoms with van der Waals surface area (Å²) in [5.41, 5.74) is 4.11. The first kappa shape index (κ1) is 17.3. The number of benzene rings is 2. The van der Waals surface area contributed by atoms with Gasteiger partial charge < -0.3 is 9.88 Å². The predicted octanol–water partition coefficient (Wildman–Crippen LogP) is 5.17. The molecule has 27 heavy (non-hydrogen) atoms. The molecule has 4 aromatic rings. The van der Waals surface area contributed by atoms with Gasteiger partial charge in [-0.05, 0) is 54.1 Å². The maximum atomic E-state index is 12.3. The second kappa shape index (κ2) is 7.62. The average Bonchev–Trinajstić information content (AvgIpc) is 3.09. The van der Waals surface area contributed by atoms with E-state index in [-0.39, 0.29) is 5.91 Å². The van der Waals surface area contributed by atoms with E-state index < -0.39 is 0 Å². The van der Waals surface area contributed by atoms with Crippen LogP contribution in [0.25, 0.3) is 21.8 Å². The molecule has 0 spiro atoms. The van der Waals surface area contributed by atoms with Gasteiger partial charge in [-0.15, -0.1) is 0 Å². The van der Waals surface area contributed by atoms with E-state index >= 15 is 0 Å². The lowest BCUT2D eigenvalue weighted by Gasteiger charge is -2.07. The molecule has 0 aliphatic heterocycles. The predicted molar refractivity (Wildman–Crippen MR) is 111 cm³/mol. The van der Waals surface area contributed by atoms with Gasteiger partial charge in [0.1, 0.15) is 0 Å². The summed E-state index contributed by atoms with van der Waals surface area (Å²) < 4.78 is 2.28. The number of para-hydroxylation sites is 1. The lowest BCUT2D eigenvalue weighted by atomic mass is 10.1. The van der Waals surface area contributed by atoms with E-state index in [2.05, 4.69) is 52.3 Å². The van der Waals surface area contributed by atoms with E-state index in [1.54, 1.807) is 6.20 Å². The molecule has 136 valence electrons. The molecule has 0 saturated carbocycles. The molecule has 0 saturated heterocycles. The summed E-state index contributed by atoms with van der Waals surface area (Å²) in [5.74, 6) is 0.00994. The number of hydrogen-bond donors (Lipinski definition) is 1. The van der Waals surface area contributed by atoms with Gasteiger partial charge in [-0.1, -0.05) is 31.2 Å². The van der Waals surface area contributed by atoms with Gasteiger partial charge in [0.05, 0.1) is 17.4 Å². The molecule has 0 radical (unpaired) electrons. The zero-order chi connectivity index (χ0) is 18.6. The summed E-state index contributed by atoms with van der Waals surface area (Å²) in [7, 11) is 0. The third-order valence-electron chi connectivity index (χ3n) is 4.81. The largest absolute Gasteiger partial charge is 0.347 e. The molecule has 4 heteroatoms. The molecule has 2 aromatic heterocycles. The zero-order valence-corrected chi connectivity index (χ0v) is 15.5. The van der Waals surface area contributed by atoms with Crippen LogP contribution in [0, 0.1) is 0 Å². The van der Waals surface area contributed by atoms with Crippen LogP contribution in [0.4, 0.5) is 5.69 Å². The number of nitrogens with one attached hydrogen (secondary N) is 1. The average molecular weight is 357 g/mol. The quantitative estimate of drug-likeness (QED) is 0.517. The maximum Gasteiger partial charge on any atom is 0.224 e.